The van der Waals surface area contributed by atoms with Crippen LogP contribution in [0, 0.1) is 0 Å². The van der Waals surface area contributed by atoms with Crippen molar-refractivity contribution in [2.24, 2.45) is 0 Å². The van der Waals surface area contributed by atoms with E-state index in [4.69, 9.17) is 0 Å². The molecule has 1 aromatic carbocycles. The molecular weight excluding hydrogens is 194 g/mol. The highest BCUT2D eigenvalue weighted by atomic mass is 14.9. The Balaban J connectivity index is 2.37. The van der Waals surface area contributed by atoms with Crippen LogP contribution in [0.2, 0.25) is 0 Å². The zero-order chi connectivity index (χ0) is 11.4. The molecule has 2 rings (SSSR count). The highest BCUT2D eigenvalue weighted by Crippen LogP contribution is 2.30. The lowest BCUT2D eigenvalue weighted by Crippen LogP contribution is -2.03. The molecule has 16 heavy (non-hydrogen) atoms. The third-order valence-corrected chi connectivity index (χ3v) is 3.22. The van der Waals surface area contributed by atoms with Crippen molar-refractivity contribution in [3.8, 4) is 0 Å². The Morgan fingerprint density at radius 1 is 1.12 bits per heavy atom. The summed E-state index contributed by atoms with van der Waals surface area (Å²) in [4.78, 5) is 0. The van der Waals surface area contributed by atoms with Gasteiger partial charge in [0.15, 0.2) is 0 Å². The first-order valence-corrected chi connectivity index (χ1v) is 6.03. The van der Waals surface area contributed by atoms with Crippen molar-refractivity contribution in [3.05, 3.63) is 53.7 Å². The second-order valence-electron chi connectivity index (χ2n) is 4.12. The van der Waals surface area contributed by atoms with E-state index in [1.54, 1.807) is 0 Å². The van der Waals surface area contributed by atoms with Crippen LogP contribution in [-0.4, -0.2) is 0 Å². The quantitative estimate of drug-likeness (QED) is 0.714. The van der Waals surface area contributed by atoms with Crippen molar-refractivity contribution in [1.29, 1.82) is 0 Å². The van der Waals surface area contributed by atoms with Crippen LogP contribution in [0.25, 0.3) is 5.70 Å². The van der Waals surface area contributed by atoms with Crippen LogP contribution >= 0.6 is 0 Å². The van der Waals surface area contributed by atoms with Gasteiger partial charge in [-0.2, -0.15) is 0 Å². The minimum absolute atomic E-state index is 0.646. The lowest BCUT2D eigenvalue weighted by Gasteiger charge is -2.17. The van der Waals surface area contributed by atoms with Crippen LogP contribution in [0.15, 0.2) is 42.6 Å². The lowest BCUT2D eigenvalue weighted by molar-refractivity contribution is 0.640. The topological polar surface area (TPSA) is 14.1 Å². The van der Waals surface area contributed by atoms with Crippen molar-refractivity contribution in [1.82, 2.24) is 5.32 Å². The number of benzene rings is 1. The van der Waals surface area contributed by atoms with Crippen molar-refractivity contribution in [3.63, 3.8) is 0 Å². The van der Waals surface area contributed by atoms with Crippen molar-refractivity contribution in [2.75, 3.05) is 0 Å². The number of allylic oxidation sites excluding steroid dienone is 2. The molecule has 0 atom stereocenters. The minimum Gasteiger partial charge on any atom is -0.256 e. The summed E-state index contributed by atoms with van der Waals surface area (Å²) < 4.78 is 0. The third kappa shape index (κ3) is 2.04. The standard InChI is InChI=1S/C15H18N/c1-3-12(4-2)13-8-5-6-9-14(13)15-10-7-11-16-15/h5-12H,3-4H2,1-2H3. The van der Waals surface area contributed by atoms with Gasteiger partial charge in [0, 0.05) is 11.8 Å². The molecule has 1 radical (unpaired) electrons. The molecule has 0 fully saturated rings. The SMILES string of the molecule is CCC(CC)c1ccccc1C1=CC=C[N]1. The van der Waals surface area contributed by atoms with Gasteiger partial charge < -0.3 is 0 Å². The van der Waals surface area contributed by atoms with E-state index in [0.717, 1.165) is 5.70 Å². The second-order valence-corrected chi connectivity index (χ2v) is 4.12. The Hall–Kier alpha value is -1.50. The second kappa shape index (κ2) is 5.02. The molecule has 0 saturated heterocycles. The smallest absolute Gasteiger partial charge is 0.0705 e. The fraction of sp³-hybridized carbons (Fsp3) is 0.333. The van der Waals surface area contributed by atoms with E-state index >= 15 is 0 Å². The first kappa shape index (κ1) is 11.0. The van der Waals surface area contributed by atoms with Crippen LogP contribution in [0.3, 0.4) is 0 Å². The molecule has 0 saturated carbocycles. The van der Waals surface area contributed by atoms with Crippen LogP contribution in [-0.2, 0) is 0 Å². The summed E-state index contributed by atoms with van der Waals surface area (Å²) in [6, 6.07) is 8.63. The summed E-state index contributed by atoms with van der Waals surface area (Å²) in [5, 5.41) is 4.40. The first-order chi connectivity index (χ1) is 7.86. The summed E-state index contributed by atoms with van der Waals surface area (Å²) in [6.45, 7) is 4.51. The molecular formula is C15H18N. The maximum absolute atomic E-state index is 4.40. The summed E-state index contributed by atoms with van der Waals surface area (Å²) >= 11 is 0. The number of hydrogen-bond donors (Lipinski definition) is 0. The molecule has 1 aliphatic rings. The highest BCUT2D eigenvalue weighted by Gasteiger charge is 2.14. The summed E-state index contributed by atoms with van der Waals surface area (Å²) in [5.74, 6) is 0.646. The average Bonchev–Trinajstić information content (AvgIpc) is 2.85. The fourth-order valence-corrected chi connectivity index (χ4v) is 2.27. The Kier molecular flexibility index (Phi) is 3.45. The molecule has 0 N–H and O–H groups in total. The van der Waals surface area contributed by atoms with Crippen molar-refractivity contribution in [2.45, 2.75) is 32.6 Å². The zero-order valence-corrected chi connectivity index (χ0v) is 9.98. The van der Waals surface area contributed by atoms with Crippen LogP contribution in [0.1, 0.15) is 43.7 Å². The summed E-state index contributed by atoms with van der Waals surface area (Å²) in [5.41, 5.74) is 3.83. The first-order valence-electron chi connectivity index (χ1n) is 6.03. The van der Waals surface area contributed by atoms with E-state index in [0.29, 0.717) is 5.92 Å². The molecule has 0 aliphatic carbocycles. The molecule has 83 valence electrons. The van der Waals surface area contributed by atoms with E-state index in [9.17, 15) is 0 Å². The van der Waals surface area contributed by atoms with E-state index < -0.39 is 0 Å². The highest BCUT2D eigenvalue weighted by molar-refractivity contribution is 5.71. The molecule has 1 heteroatoms. The normalized spacial score (nSPS) is 14.1. The monoisotopic (exact) mass is 212 g/mol. The van der Waals surface area contributed by atoms with E-state index in [1.165, 1.54) is 24.0 Å². The number of nitrogens with zero attached hydrogens (tertiary/aromatic N) is 1. The Morgan fingerprint density at radius 3 is 2.50 bits per heavy atom. The van der Waals surface area contributed by atoms with Crippen molar-refractivity contribution >= 4 is 5.70 Å². The van der Waals surface area contributed by atoms with Crippen molar-refractivity contribution < 1.29 is 0 Å². The van der Waals surface area contributed by atoms with E-state index in [-0.39, 0.29) is 0 Å². The van der Waals surface area contributed by atoms with Gasteiger partial charge in [0.25, 0.3) is 0 Å². The van der Waals surface area contributed by atoms with Gasteiger partial charge in [-0.05, 0) is 36.5 Å². The molecule has 0 amide bonds. The van der Waals surface area contributed by atoms with Crippen LogP contribution in [0.5, 0.6) is 0 Å². The molecule has 1 aromatic rings. The minimum atomic E-state index is 0.646. The lowest BCUT2D eigenvalue weighted by atomic mass is 9.89. The van der Waals surface area contributed by atoms with Crippen LogP contribution < -0.4 is 5.32 Å². The number of rotatable bonds is 4. The Labute approximate surface area is 97.9 Å². The van der Waals surface area contributed by atoms with Gasteiger partial charge in [0.05, 0.1) is 5.70 Å². The van der Waals surface area contributed by atoms with Gasteiger partial charge in [-0.1, -0.05) is 38.1 Å². The van der Waals surface area contributed by atoms with Gasteiger partial charge in [0.1, 0.15) is 0 Å². The Bertz CT molecular complexity index is 411. The van der Waals surface area contributed by atoms with E-state index in [2.05, 4.69) is 49.5 Å². The molecule has 1 aliphatic heterocycles. The largest absolute Gasteiger partial charge is 0.256 e. The summed E-state index contributed by atoms with van der Waals surface area (Å²) in [7, 11) is 0. The predicted octanol–water partition coefficient (Wildman–Crippen LogP) is 4.06. The van der Waals surface area contributed by atoms with Gasteiger partial charge >= 0.3 is 0 Å². The summed E-state index contributed by atoms with van der Waals surface area (Å²) in [6.07, 6.45) is 8.32. The molecule has 0 spiro atoms. The maximum atomic E-state index is 4.40. The predicted molar refractivity (Wildman–Crippen MR) is 69.0 cm³/mol. The average molecular weight is 212 g/mol. The van der Waals surface area contributed by atoms with Gasteiger partial charge in [-0.3, -0.25) is 5.32 Å². The molecule has 0 unspecified atom stereocenters. The van der Waals surface area contributed by atoms with Gasteiger partial charge in [0.2, 0.25) is 0 Å². The molecule has 0 bridgehead atoms. The van der Waals surface area contributed by atoms with Crippen LogP contribution in [0.4, 0.5) is 0 Å². The molecule has 1 nitrogen and oxygen atoms in total. The zero-order valence-electron chi connectivity index (χ0n) is 9.98. The van der Waals surface area contributed by atoms with Gasteiger partial charge in [-0.25, -0.2) is 0 Å². The molecule has 1 heterocycles. The molecule has 0 aromatic heterocycles. The van der Waals surface area contributed by atoms with Gasteiger partial charge in [-0.15, -0.1) is 0 Å². The fourth-order valence-electron chi connectivity index (χ4n) is 2.27. The third-order valence-electron chi connectivity index (χ3n) is 3.22. The number of hydrogen-bond acceptors (Lipinski definition) is 0. The maximum Gasteiger partial charge on any atom is 0.0705 e. The Morgan fingerprint density at radius 2 is 1.88 bits per heavy atom. The van der Waals surface area contributed by atoms with E-state index in [1.807, 2.05) is 12.3 Å².